The van der Waals surface area contributed by atoms with Crippen LogP contribution in [0.25, 0.3) is 11.3 Å². The molecule has 2 aromatic rings. The summed E-state index contributed by atoms with van der Waals surface area (Å²) in [6.45, 7) is 9.08. The number of benzene rings is 1. The van der Waals surface area contributed by atoms with Gasteiger partial charge in [-0.2, -0.15) is 5.10 Å². The highest BCUT2D eigenvalue weighted by molar-refractivity contribution is 5.66. The summed E-state index contributed by atoms with van der Waals surface area (Å²) in [5.41, 5.74) is 4.14. The average Bonchev–Trinajstić information content (AvgIpc) is 2.68. The topological polar surface area (TPSA) is 38.0 Å². The first kappa shape index (κ1) is 13.7. The number of rotatable bonds is 4. The highest BCUT2D eigenvalue weighted by Gasteiger charge is 2.20. The van der Waals surface area contributed by atoms with E-state index in [-0.39, 0.29) is 5.92 Å². The van der Waals surface area contributed by atoms with Crippen molar-refractivity contribution in [2.75, 3.05) is 0 Å². The molecule has 0 saturated carbocycles. The Hall–Kier alpha value is -1.77. The molecule has 1 aromatic carbocycles. The summed E-state index contributed by atoms with van der Waals surface area (Å²) in [5.74, 6) is 0.564. The van der Waals surface area contributed by atoms with E-state index in [1.165, 1.54) is 5.56 Å². The Morgan fingerprint density at radius 2 is 1.84 bits per heavy atom. The molecule has 0 aliphatic rings. The fourth-order valence-electron chi connectivity index (χ4n) is 2.29. The van der Waals surface area contributed by atoms with Crippen LogP contribution in [0.15, 0.2) is 24.3 Å². The Labute approximate surface area is 114 Å². The Morgan fingerprint density at radius 3 is 2.37 bits per heavy atom. The Morgan fingerprint density at radius 1 is 1.21 bits per heavy atom. The van der Waals surface area contributed by atoms with Gasteiger partial charge >= 0.3 is 0 Å². The zero-order valence-electron chi connectivity index (χ0n) is 12.1. The van der Waals surface area contributed by atoms with Crippen molar-refractivity contribution in [1.82, 2.24) is 9.78 Å². The van der Waals surface area contributed by atoms with Crippen molar-refractivity contribution in [2.45, 2.75) is 46.6 Å². The van der Waals surface area contributed by atoms with Gasteiger partial charge in [0.2, 0.25) is 5.88 Å². The van der Waals surface area contributed by atoms with Crippen LogP contribution in [0.4, 0.5) is 0 Å². The minimum atomic E-state index is 0.252. The van der Waals surface area contributed by atoms with E-state index in [1.807, 2.05) is 0 Å². The van der Waals surface area contributed by atoms with Crippen LogP contribution in [0.5, 0.6) is 5.88 Å². The molecule has 1 aromatic heterocycles. The molecule has 19 heavy (non-hydrogen) atoms. The third kappa shape index (κ3) is 2.65. The third-order valence-electron chi connectivity index (χ3n) is 3.30. The molecule has 0 unspecified atom stereocenters. The molecule has 0 fully saturated rings. The van der Waals surface area contributed by atoms with Gasteiger partial charge in [0.15, 0.2) is 0 Å². The predicted molar refractivity (Wildman–Crippen MR) is 78.4 cm³/mol. The van der Waals surface area contributed by atoms with Crippen molar-refractivity contribution in [3.8, 4) is 17.1 Å². The maximum atomic E-state index is 10.3. The first-order chi connectivity index (χ1) is 9.04. The molecule has 0 aliphatic carbocycles. The normalized spacial score (nSPS) is 11.2. The van der Waals surface area contributed by atoms with Gasteiger partial charge in [-0.15, -0.1) is 0 Å². The van der Waals surface area contributed by atoms with E-state index >= 15 is 0 Å². The molecule has 1 N–H and O–H groups in total. The summed E-state index contributed by atoms with van der Waals surface area (Å²) in [6.07, 6.45) is 0.958. The van der Waals surface area contributed by atoms with Crippen LogP contribution in [0, 0.1) is 6.92 Å². The summed E-state index contributed by atoms with van der Waals surface area (Å²) in [4.78, 5) is 0. The Balaban J connectivity index is 2.55. The highest BCUT2D eigenvalue weighted by atomic mass is 16.3. The molecule has 0 amide bonds. The van der Waals surface area contributed by atoms with Crippen molar-refractivity contribution in [2.24, 2.45) is 0 Å². The summed E-state index contributed by atoms with van der Waals surface area (Å²) in [5, 5.41) is 14.9. The lowest BCUT2D eigenvalue weighted by atomic mass is 9.98. The van der Waals surface area contributed by atoms with Gasteiger partial charge in [-0.3, -0.25) is 0 Å². The minimum Gasteiger partial charge on any atom is -0.493 e. The van der Waals surface area contributed by atoms with Crippen molar-refractivity contribution in [1.29, 1.82) is 0 Å². The number of aryl methyl sites for hydroxylation is 2. The summed E-state index contributed by atoms with van der Waals surface area (Å²) >= 11 is 0. The number of nitrogens with zero attached hydrogens (tertiary/aromatic N) is 2. The zero-order valence-corrected chi connectivity index (χ0v) is 12.1. The van der Waals surface area contributed by atoms with Gasteiger partial charge in [-0.05, 0) is 19.3 Å². The molecule has 2 rings (SSSR count). The molecular formula is C16H22N2O. The monoisotopic (exact) mass is 258 g/mol. The fraction of sp³-hybridized carbons (Fsp3) is 0.438. The largest absolute Gasteiger partial charge is 0.493 e. The maximum absolute atomic E-state index is 10.3. The molecule has 0 radical (unpaired) electrons. The molecule has 1 heterocycles. The summed E-state index contributed by atoms with van der Waals surface area (Å²) < 4.78 is 1.71. The number of aromatic hydroxyl groups is 1. The first-order valence-electron chi connectivity index (χ1n) is 6.91. The van der Waals surface area contributed by atoms with Crippen molar-refractivity contribution < 1.29 is 5.11 Å². The van der Waals surface area contributed by atoms with E-state index in [1.54, 1.807) is 4.68 Å². The number of hydrogen-bond donors (Lipinski definition) is 1. The average molecular weight is 258 g/mol. The van der Waals surface area contributed by atoms with E-state index in [2.05, 4.69) is 57.1 Å². The zero-order chi connectivity index (χ0) is 14.0. The van der Waals surface area contributed by atoms with Crippen LogP contribution in [0.1, 0.15) is 44.2 Å². The Bertz CT molecular complexity index is 553. The highest BCUT2D eigenvalue weighted by Crippen LogP contribution is 2.35. The lowest BCUT2D eigenvalue weighted by Crippen LogP contribution is -1.98. The quantitative estimate of drug-likeness (QED) is 0.896. The van der Waals surface area contributed by atoms with Crippen LogP contribution >= 0.6 is 0 Å². The van der Waals surface area contributed by atoms with E-state index < -0.39 is 0 Å². The number of hydrogen-bond acceptors (Lipinski definition) is 2. The van der Waals surface area contributed by atoms with Crippen molar-refractivity contribution >= 4 is 0 Å². The van der Waals surface area contributed by atoms with Crippen LogP contribution in [-0.2, 0) is 6.54 Å². The van der Waals surface area contributed by atoms with E-state index in [0.717, 1.165) is 29.8 Å². The van der Waals surface area contributed by atoms with Gasteiger partial charge in [-0.1, -0.05) is 50.6 Å². The molecule has 3 heteroatoms. The molecular weight excluding hydrogens is 236 g/mol. The SMILES string of the molecule is CCCn1nc(-c2ccc(C)cc2)c(C(C)C)c1O. The molecule has 0 spiro atoms. The van der Waals surface area contributed by atoms with Crippen LogP contribution in [-0.4, -0.2) is 14.9 Å². The molecule has 0 aliphatic heterocycles. The Kier molecular flexibility index (Phi) is 3.93. The second-order valence-corrected chi connectivity index (χ2v) is 5.33. The minimum absolute atomic E-state index is 0.252. The standard InChI is InChI=1S/C16H22N2O/c1-5-10-18-16(19)14(11(2)3)15(17-18)13-8-6-12(4)7-9-13/h6-9,11,19H,5,10H2,1-4H3. The second-order valence-electron chi connectivity index (χ2n) is 5.33. The van der Waals surface area contributed by atoms with Gasteiger partial charge in [-0.25, -0.2) is 4.68 Å². The molecule has 0 saturated heterocycles. The molecule has 0 atom stereocenters. The van der Waals surface area contributed by atoms with Gasteiger partial charge in [0, 0.05) is 17.7 Å². The second kappa shape index (κ2) is 5.47. The van der Waals surface area contributed by atoms with Crippen LogP contribution in [0.3, 0.4) is 0 Å². The molecule has 102 valence electrons. The maximum Gasteiger partial charge on any atom is 0.213 e. The molecule has 3 nitrogen and oxygen atoms in total. The van der Waals surface area contributed by atoms with Gasteiger partial charge < -0.3 is 5.11 Å². The van der Waals surface area contributed by atoms with E-state index in [0.29, 0.717) is 5.88 Å². The van der Waals surface area contributed by atoms with Crippen molar-refractivity contribution in [3.63, 3.8) is 0 Å². The van der Waals surface area contributed by atoms with E-state index in [9.17, 15) is 5.11 Å². The van der Waals surface area contributed by atoms with Gasteiger partial charge in [0.1, 0.15) is 0 Å². The lowest BCUT2D eigenvalue weighted by molar-refractivity contribution is 0.391. The molecule has 0 bridgehead atoms. The number of aromatic nitrogens is 2. The first-order valence-corrected chi connectivity index (χ1v) is 6.91. The smallest absolute Gasteiger partial charge is 0.213 e. The summed E-state index contributed by atoms with van der Waals surface area (Å²) in [7, 11) is 0. The van der Waals surface area contributed by atoms with Crippen LogP contribution in [0.2, 0.25) is 0 Å². The predicted octanol–water partition coefficient (Wildman–Crippen LogP) is 4.10. The van der Waals surface area contributed by atoms with E-state index in [4.69, 9.17) is 0 Å². The third-order valence-corrected chi connectivity index (χ3v) is 3.30. The summed E-state index contributed by atoms with van der Waals surface area (Å²) in [6, 6.07) is 8.29. The van der Waals surface area contributed by atoms with Gasteiger partial charge in [0.05, 0.1) is 5.69 Å². The van der Waals surface area contributed by atoms with Crippen LogP contribution < -0.4 is 0 Å². The van der Waals surface area contributed by atoms with Gasteiger partial charge in [0.25, 0.3) is 0 Å². The van der Waals surface area contributed by atoms with Crippen molar-refractivity contribution in [3.05, 3.63) is 35.4 Å². The lowest BCUT2D eigenvalue weighted by Gasteiger charge is -2.06. The fourth-order valence-corrected chi connectivity index (χ4v) is 2.29.